The molecular formula is C16H23BN. The van der Waals surface area contributed by atoms with Gasteiger partial charge >= 0.3 is 0 Å². The number of hydrogen-bond donors (Lipinski definition) is 0. The van der Waals surface area contributed by atoms with Gasteiger partial charge in [-0.2, -0.15) is 0 Å². The van der Waals surface area contributed by atoms with E-state index in [-0.39, 0.29) is 0 Å². The summed E-state index contributed by atoms with van der Waals surface area (Å²) in [5, 5.41) is 0. The lowest BCUT2D eigenvalue weighted by Gasteiger charge is -2.25. The van der Waals surface area contributed by atoms with Crippen LogP contribution in [0, 0.1) is 5.92 Å². The van der Waals surface area contributed by atoms with Crippen molar-refractivity contribution in [2.75, 3.05) is 11.4 Å². The molecule has 1 fully saturated rings. The Morgan fingerprint density at radius 2 is 1.89 bits per heavy atom. The van der Waals surface area contributed by atoms with Crippen LogP contribution in [0.2, 0.25) is 6.82 Å². The highest BCUT2D eigenvalue weighted by atomic mass is 15.0. The number of benzene rings is 1. The van der Waals surface area contributed by atoms with E-state index in [4.69, 9.17) is 0 Å². The minimum absolute atomic E-state index is 0.814. The predicted molar refractivity (Wildman–Crippen MR) is 79.3 cm³/mol. The maximum absolute atomic E-state index is 2.46. The van der Waals surface area contributed by atoms with Crippen LogP contribution in [0.4, 0.5) is 5.69 Å². The summed E-state index contributed by atoms with van der Waals surface area (Å²) in [4.78, 5) is 2.46. The summed E-state index contributed by atoms with van der Waals surface area (Å²) < 4.78 is 0. The van der Waals surface area contributed by atoms with Gasteiger partial charge in [-0.15, -0.1) is 0 Å². The van der Waals surface area contributed by atoms with Crippen molar-refractivity contribution < 1.29 is 0 Å². The Morgan fingerprint density at radius 1 is 1.06 bits per heavy atom. The molecule has 0 saturated heterocycles. The van der Waals surface area contributed by atoms with Crippen LogP contribution < -0.4 is 4.81 Å². The summed E-state index contributed by atoms with van der Waals surface area (Å²) in [5.41, 5.74) is 3.08. The molecule has 1 aromatic carbocycles. The van der Waals surface area contributed by atoms with Crippen molar-refractivity contribution in [3.63, 3.8) is 0 Å². The number of anilines is 1. The first-order chi connectivity index (χ1) is 8.90. The van der Waals surface area contributed by atoms with Crippen LogP contribution in [-0.2, 0) is 0 Å². The smallest absolute Gasteiger partial charge is 0.242 e. The Balaban J connectivity index is 2.00. The molecule has 1 saturated carbocycles. The van der Waals surface area contributed by atoms with Gasteiger partial charge in [-0.1, -0.05) is 44.3 Å². The Kier molecular flexibility index (Phi) is 3.63. The zero-order valence-corrected chi connectivity index (χ0v) is 11.4. The minimum Gasteiger partial charge on any atom is -0.419 e. The number of nitrogens with zero attached hydrogens (tertiary/aromatic N) is 1. The summed E-state index contributed by atoms with van der Waals surface area (Å²) in [6, 6.07) is 9.09. The summed E-state index contributed by atoms with van der Waals surface area (Å²) in [7, 11) is 2.25. The third kappa shape index (κ3) is 2.18. The van der Waals surface area contributed by atoms with E-state index in [1.165, 1.54) is 50.8 Å². The molecule has 0 amide bonds. The fourth-order valence-electron chi connectivity index (χ4n) is 3.90. The molecule has 95 valence electrons. The van der Waals surface area contributed by atoms with Gasteiger partial charge in [0.15, 0.2) is 0 Å². The molecule has 18 heavy (non-hydrogen) atoms. The monoisotopic (exact) mass is 240 g/mol. The number of para-hydroxylation sites is 1. The maximum Gasteiger partial charge on any atom is 0.242 e. The van der Waals surface area contributed by atoms with E-state index in [9.17, 15) is 0 Å². The second kappa shape index (κ2) is 5.38. The van der Waals surface area contributed by atoms with Crippen LogP contribution in [-0.4, -0.2) is 14.0 Å². The first-order valence-electron chi connectivity index (χ1n) is 7.55. The number of rotatable bonds is 1. The van der Waals surface area contributed by atoms with E-state index in [1.54, 1.807) is 5.56 Å². The molecule has 3 rings (SSSR count). The summed E-state index contributed by atoms with van der Waals surface area (Å²) in [5.74, 6) is 1.73. The Hall–Kier alpha value is -0.915. The second-order valence-corrected chi connectivity index (χ2v) is 5.80. The van der Waals surface area contributed by atoms with Crippen molar-refractivity contribution in [1.29, 1.82) is 0 Å². The first kappa shape index (κ1) is 12.1. The van der Waals surface area contributed by atoms with Crippen molar-refractivity contribution >= 4 is 13.1 Å². The third-order valence-corrected chi connectivity index (χ3v) is 4.86. The van der Waals surface area contributed by atoms with Crippen molar-refractivity contribution in [1.82, 2.24) is 0 Å². The summed E-state index contributed by atoms with van der Waals surface area (Å²) in [6.45, 7) is 3.37. The number of fused-ring (bicyclic) bond motifs is 3. The second-order valence-electron chi connectivity index (χ2n) is 5.80. The van der Waals surface area contributed by atoms with Crippen molar-refractivity contribution in [3.8, 4) is 0 Å². The fourth-order valence-corrected chi connectivity index (χ4v) is 3.90. The van der Waals surface area contributed by atoms with Gasteiger partial charge in [0.05, 0.1) is 0 Å². The molecule has 2 aliphatic rings. The van der Waals surface area contributed by atoms with Crippen LogP contribution >= 0.6 is 0 Å². The zero-order chi connectivity index (χ0) is 12.4. The van der Waals surface area contributed by atoms with Crippen LogP contribution in [0.25, 0.3) is 0 Å². The van der Waals surface area contributed by atoms with Gasteiger partial charge in [0, 0.05) is 12.2 Å². The molecule has 2 heteroatoms. The highest BCUT2D eigenvalue weighted by Gasteiger charge is 2.30. The Labute approximate surface area is 112 Å². The molecular weight excluding hydrogens is 217 g/mol. The Bertz CT molecular complexity index is 404. The van der Waals surface area contributed by atoms with Gasteiger partial charge in [0.1, 0.15) is 0 Å². The van der Waals surface area contributed by atoms with Crippen molar-refractivity contribution in [2.45, 2.75) is 51.3 Å². The fraction of sp³-hybridized carbons (Fsp3) is 0.625. The van der Waals surface area contributed by atoms with Crippen LogP contribution in [0.15, 0.2) is 24.3 Å². The molecule has 1 nitrogen and oxygen atoms in total. The van der Waals surface area contributed by atoms with Crippen molar-refractivity contribution in [2.24, 2.45) is 5.92 Å². The highest BCUT2D eigenvalue weighted by molar-refractivity contribution is 6.39. The molecule has 0 N–H and O–H groups in total. The largest absolute Gasteiger partial charge is 0.419 e. The van der Waals surface area contributed by atoms with E-state index in [0.717, 1.165) is 11.8 Å². The summed E-state index contributed by atoms with van der Waals surface area (Å²) >= 11 is 0. The van der Waals surface area contributed by atoms with E-state index in [2.05, 4.69) is 43.3 Å². The van der Waals surface area contributed by atoms with E-state index in [1.807, 2.05) is 0 Å². The van der Waals surface area contributed by atoms with E-state index >= 15 is 0 Å². The zero-order valence-electron chi connectivity index (χ0n) is 11.4. The van der Waals surface area contributed by atoms with E-state index in [0.29, 0.717) is 0 Å². The lowest BCUT2D eigenvalue weighted by Crippen LogP contribution is -2.26. The molecule has 2 unspecified atom stereocenters. The average Bonchev–Trinajstić information content (AvgIpc) is 2.72. The molecule has 0 spiro atoms. The minimum atomic E-state index is 0.814. The van der Waals surface area contributed by atoms with E-state index < -0.39 is 0 Å². The summed E-state index contributed by atoms with van der Waals surface area (Å²) in [6.07, 6.45) is 8.52. The molecule has 2 atom stereocenters. The van der Waals surface area contributed by atoms with Crippen LogP contribution in [0.3, 0.4) is 0 Å². The topological polar surface area (TPSA) is 3.24 Å². The van der Waals surface area contributed by atoms with Crippen molar-refractivity contribution in [3.05, 3.63) is 29.8 Å². The van der Waals surface area contributed by atoms with Gasteiger partial charge < -0.3 is 4.81 Å². The van der Waals surface area contributed by atoms with Gasteiger partial charge in [0.25, 0.3) is 0 Å². The SMILES string of the molecule is C[B]N1CCC2CCCCCC2c2ccccc21. The quantitative estimate of drug-likeness (QED) is 0.664. The van der Waals surface area contributed by atoms with Crippen LogP contribution in [0.5, 0.6) is 0 Å². The standard InChI is InChI=1S/C16H23BN/c1-17-18-12-11-13-7-3-2-4-8-14(13)15-9-5-6-10-16(15)18/h5-6,9-10,13-14H,2-4,7-8,11-12H2,1H3. The predicted octanol–water partition coefficient (Wildman–Crippen LogP) is 4.23. The Morgan fingerprint density at radius 3 is 2.78 bits per heavy atom. The maximum atomic E-state index is 2.46. The average molecular weight is 240 g/mol. The van der Waals surface area contributed by atoms with Gasteiger partial charge in [-0.3, -0.25) is 0 Å². The lowest BCUT2D eigenvalue weighted by molar-refractivity contribution is 0.387. The molecule has 1 aromatic rings. The molecule has 1 aliphatic heterocycles. The highest BCUT2D eigenvalue weighted by Crippen LogP contribution is 2.44. The normalized spacial score (nSPS) is 27.7. The molecule has 1 heterocycles. The van der Waals surface area contributed by atoms with Gasteiger partial charge in [0.2, 0.25) is 7.41 Å². The third-order valence-electron chi connectivity index (χ3n) is 4.86. The van der Waals surface area contributed by atoms with Gasteiger partial charge in [-0.25, -0.2) is 0 Å². The van der Waals surface area contributed by atoms with Crippen LogP contribution in [0.1, 0.15) is 50.0 Å². The lowest BCUT2D eigenvalue weighted by atomic mass is 9.81. The first-order valence-corrected chi connectivity index (χ1v) is 7.55. The molecule has 1 aliphatic carbocycles. The molecule has 0 bridgehead atoms. The molecule has 0 aromatic heterocycles. The molecule has 1 radical (unpaired) electrons. The number of hydrogen-bond acceptors (Lipinski definition) is 1. The van der Waals surface area contributed by atoms with Gasteiger partial charge in [-0.05, 0) is 42.7 Å².